The minimum absolute atomic E-state index is 0. The predicted molar refractivity (Wildman–Crippen MR) is 108 cm³/mol. The van der Waals surface area contributed by atoms with Gasteiger partial charge in [0.2, 0.25) is 11.8 Å². The second-order valence-corrected chi connectivity index (χ2v) is 6.67. The summed E-state index contributed by atoms with van der Waals surface area (Å²) in [6.45, 7) is 13.7. The number of aryl methyl sites for hydroxylation is 2. The SMILES string of the molecule is CCNC(=NCc1ncc(C(C)(C)C)o1)NCc1nc(C)c(C)o1.I. The van der Waals surface area contributed by atoms with Crippen LogP contribution in [0.25, 0.3) is 0 Å². The van der Waals surface area contributed by atoms with Crippen LogP contribution in [0.3, 0.4) is 0 Å². The van der Waals surface area contributed by atoms with Gasteiger partial charge in [0.1, 0.15) is 18.1 Å². The molecule has 0 radical (unpaired) electrons. The topological polar surface area (TPSA) is 88.5 Å². The monoisotopic (exact) mass is 461 g/mol. The fourth-order valence-corrected chi connectivity index (χ4v) is 1.99. The molecular formula is C17H28IN5O2. The zero-order valence-corrected chi connectivity index (χ0v) is 18.1. The molecule has 2 aromatic rings. The van der Waals surface area contributed by atoms with Gasteiger partial charge in [0.15, 0.2) is 5.96 Å². The van der Waals surface area contributed by atoms with Crippen molar-refractivity contribution in [1.82, 2.24) is 20.6 Å². The minimum atomic E-state index is -0.0572. The number of guanidine groups is 1. The Bertz CT molecular complexity index is 681. The Labute approximate surface area is 166 Å². The molecule has 7 nitrogen and oxygen atoms in total. The van der Waals surface area contributed by atoms with E-state index in [1.54, 1.807) is 6.20 Å². The number of hydrogen-bond acceptors (Lipinski definition) is 5. The highest BCUT2D eigenvalue weighted by Gasteiger charge is 2.19. The number of halogens is 1. The largest absolute Gasteiger partial charge is 0.444 e. The molecule has 0 bridgehead atoms. The van der Waals surface area contributed by atoms with Crippen molar-refractivity contribution < 1.29 is 8.83 Å². The minimum Gasteiger partial charge on any atom is -0.444 e. The average Bonchev–Trinajstić information content (AvgIpc) is 3.09. The van der Waals surface area contributed by atoms with E-state index in [0.29, 0.717) is 30.8 Å². The summed E-state index contributed by atoms with van der Waals surface area (Å²) in [5.74, 6) is 3.60. The van der Waals surface area contributed by atoms with Crippen LogP contribution in [0.2, 0.25) is 0 Å². The molecule has 0 aliphatic carbocycles. The fourth-order valence-electron chi connectivity index (χ4n) is 1.99. The molecule has 0 fully saturated rings. The molecule has 8 heteroatoms. The predicted octanol–water partition coefficient (Wildman–Crippen LogP) is 3.45. The standard InChI is InChI=1S/C17H27N5O2.HI/c1-7-18-16(21-10-15-22-11(2)12(3)23-15)20-9-14-19-8-13(24-14)17(4,5)6;/h8H,7,9-10H2,1-6H3,(H2,18,20,21);1H. The van der Waals surface area contributed by atoms with Crippen molar-refractivity contribution in [3.63, 3.8) is 0 Å². The molecule has 0 saturated heterocycles. The quantitative estimate of drug-likeness (QED) is 0.403. The highest BCUT2D eigenvalue weighted by Crippen LogP contribution is 2.22. The average molecular weight is 461 g/mol. The molecule has 0 saturated carbocycles. The molecule has 0 aliphatic heterocycles. The summed E-state index contributed by atoms with van der Waals surface area (Å²) < 4.78 is 11.3. The Hall–Kier alpha value is -1.58. The van der Waals surface area contributed by atoms with E-state index in [9.17, 15) is 0 Å². The molecule has 2 rings (SSSR count). The van der Waals surface area contributed by atoms with Crippen LogP contribution < -0.4 is 10.6 Å². The lowest BCUT2D eigenvalue weighted by Gasteiger charge is -2.13. The summed E-state index contributed by atoms with van der Waals surface area (Å²) in [5.41, 5.74) is 0.849. The Balaban J connectivity index is 0.00000312. The third-order valence-corrected chi connectivity index (χ3v) is 3.49. The van der Waals surface area contributed by atoms with Crippen molar-refractivity contribution in [2.45, 2.75) is 60.0 Å². The lowest BCUT2D eigenvalue weighted by Crippen LogP contribution is -2.36. The van der Waals surface area contributed by atoms with Gasteiger partial charge in [-0.2, -0.15) is 0 Å². The molecule has 0 amide bonds. The van der Waals surface area contributed by atoms with Gasteiger partial charge >= 0.3 is 0 Å². The van der Waals surface area contributed by atoms with Gasteiger partial charge in [-0.1, -0.05) is 20.8 Å². The molecule has 0 unspecified atom stereocenters. The molecule has 2 aromatic heterocycles. The van der Waals surface area contributed by atoms with Crippen LogP contribution in [0.5, 0.6) is 0 Å². The van der Waals surface area contributed by atoms with Crippen LogP contribution in [0.4, 0.5) is 0 Å². The fraction of sp³-hybridized carbons (Fsp3) is 0.588. The maximum Gasteiger partial charge on any atom is 0.216 e. The molecule has 0 atom stereocenters. The van der Waals surface area contributed by atoms with Gasteiger partial charge < -0.3 is 19.5 Å². The van der Waals surface area contributed by atoms with Crippen LogP contribution in [-0.2, 0) is 18.5 Å². The van der Waals surface area contributed by atoms with Crippen molar-refractivity contribution in [3.05, 3.63) is 35.2 Å². The first-order valence-corrected chi connectivity index (χ1v) is 8.20. The maximum absolute atomic E-state index is 5.75. The Morgan fingerprint density at radius 1 is 1.16 bits per heavy atom. The van der Waals surface area contributed by atoms with Gasteiger partial charge in [-0.05, 0) is 20.8 Å². The van der Waals surface area contributed by atoms with Crippen LogP contribution in [0.1, 0.15) is 56.7 Å². The number of rotatable bonds is 5. The zero-order valence-electron chi connectivity index (χ0n) is 15.8. The van der Waals surface area contributed by atoms with Gasteiger partial charge in [0.05, 0.1) is 18.4 Å². The summed E-state index contributed by atoms with van der Waals surface area (Å²) >= 11 is 0. The van der Waals surface area contributed by atoms with E-state index in [1.165, 1.54) is 0 Å². The van der Waals surface area contributed by atoms with Crippen molar-refractivity contribution in [1.29, 1.82) is 0 Å². The van der Waals surface area contributed by atoms with E-state index in [1.807, 2.05) is 20.8 Å². The van der Waals surface area contributed by atoms with Crippen molar-refractivity contribution in [2.24, 2.45) is 4.99 Å². The first-order valence-electron chi connectivity index (χ1n) is 8.20. The maximum atomic E-state index is 5.75. The highest BCUT2D eigenvalue weighted by atomic mass is 127. The Morgan fingerprint density at radius 2 is 1.88 bits per heavy atom. The molecule has 25 heavy (non-hydrogen) atoms. The summed E-state index contributed by atoms with van der Waals surface area (Å²) in [6.07, 6.45) is 1.77. The van der Waals surface area contributed by atoms with Crippen LogP contribution >= 0.6 is 24.0 Å². The Morgan fingerprint density at radius 3 is 2.40 bits per heavy atom. The van der Waals surface area contributed by atoms with Crippen LogP contribution in [0, 0.1) is 13.8 Å². The van der Waals surface area contributed by atoms with Crippen LogP contribution in [-0.4, -0.2) is 22.5 Å². The molecule has 2 heterocycles. The summed E-state index contributed by atoms with van der Waals surface area (Å²) in [5, 5.41) is 6.38. The number of hydrogen-bond donors (Lipinski definition) is 2. The molecular weight excluding hydrogens is 433 g/mol. The lowest BCUT2D eigenvalue weighted by atomic mass is 9.94. The summed E-state index contributed by atoms with van der Waals surface area (Å²) in [7, 11) is 0. The van der Waals surface area contributed by atoms with Gasteiger partial charge in [0, 0.05) is 12.0 Å². The van der Waals surface area contributed by atoms with Gasteiger partial charge in [-0.25, -0.2) is 15.0 Å². The van der Waals surface area contributed by atoms with E-state index >= 15 is 0 Å². The van der Waals surface area contributed by atoms with Crippen molar-refractivity contribution in [2.75, 3.05) is 6.54 Å². The molecule has 0 aromatic carbocycles. The van der Waals surface area contributed by atoms with Crippen molar-refractivity contribution in [3.8, 4) is 0 Å². The number of oxazole rings is 2. The van der Waals surface area contributed by atoms with Crippen LogP contribution in [0.15, 0.2) is 20.0 Å². The van der Waals surface area contributed by atoms with Gasteiger partial charge in [-0.15, -0.1) is 24.0 Å². The van der Waals surface area contributed by atoms with Gasteiger partial charge in [-0.3, -0.25) is 0 Å². The molecule has 2 N–H and O–H groups in total. The smallest absolute Gasteiger partial charge is 0.216 e. The van der Waals surface area contributed by atoms with E-state index in [2.05, 4.69) is 46.4 Å². The molecule has 0 spiro atoms. The number of aliphatic imine (C=N–C) groups is 1. The lowest BCUT2D eigenvalue weighted by molar-refractivity contribution is 0.383. The highest BCUT2D eigenvalue weighted by molar-refractivity contribution is 14.0. The third-order valence-electron chi connectivity index (χ3n) is 3.49. The van der Waals surface area contributed by atoms with Gasteiger partial charge in [0.25, 0.3) is 0 Å². The second-order valence-electron chi connectivity index (χ2n) is 6.67. The van der Waals surface area contributed by atoms with Crippen molar-refractivity contribution >= 4 is 29.9 Å². The van der Waals surface area contributed by atoms with E-state index in [0.717, 1.165) is 23.8 Å². The number of aromatic nitrogens is 2. The third kappa shape index (κ3) is 6.33. The number of nitrogens with one attached hydrogen (secondary N) is 2. The Kier molecular flexibility index (Phi) is 7.91. The first-order chi connectivity index (χ1) is 11.3. The van der Waals surface area contributed by atoms with E-state index in [4.69, 9.17) is 8.83 Å². The zero-order chi connectivity index (χ0) is 17.7. The summed E-state index contributed by atoms with van der Waals surface area (Å²) in [6, 6.07) is 0. The first kappa shape index (κ1) is 21.5. The second kappa shape index (κ2) is 9.21. The summed E-state index contributed by atoms with van der Waals surface area (Å²) in [4.78, 5) is 13.1. The molecule has 140 valence electrons. The normalized spacial score (nSPS) is 12.0. The van der Waals surface area contributed by atoms with E-state index in [-0.39, 0.29) is 29.4 Å². The molecule has 0 aliphatic rings. The van der Waals surface area contributed by atoms with E-state index < -0.39 is 0 Å². The number of nitrogens with zero attached hydrogens (tertiary/aromatic N) is 3.